The average molecular weight is 630 g/mol. The van der Waals surface area contributed by atoms with Crippen LogP contribution in [0.2, 0.25) is 10.0 Å². The second-order valence-electron chi connectivity index (χ2n) is 11.7. The summed E-state index contributed by atoms with van der Waals surface area (Å²) in [5, 5.41) is 3.88. The Labute approximate surface area is 272 Å². The number of ether oxygens (including phenoxy) is 3. The summed E-state index contributed by atoms with van der Waals surface area (Å²) in [5.74, 6) is 1.56. The minimum absolute atomic E-state index is 0.665. The van der Waals surface area contributed by atoms with Crippen molar-refractivity contribution in [2.24, 2.45) is 0 Å². The number of rotatable bonds is 6. The average Bonchev–Trinajstić information content (AvgIpc) is 3.52. The number of aryl methyl sites for hydroxylation is 2. The normalized spacial score (nSPS) is 15.6. The van der Waals surface area contributed by atoms with E-state index in [1.54, 1.807) is 14.2 Å². The van der Waals surface area contributed by atoms with Gasteiger partial charge < -0.3 is 14.2 Å². The minimum Gasteiger partial charge on any atom is -0.497 e. The van der Waals surface area contributed by atoms with Crippen LogP contribution in [0.4, 0.5) is 0 Å². The van der Waals surface area contributed by atoms with Crippen LogP contribution in [0.15, 0.2) is 121 Å². The van der Waals surface area contributed by atoms with E-state index in [-0.39, 0.29) is 0 Å². The van der Waals surface area contributed by atoms with E-state index < -0.39 is 11.2 Å². The van der Waals surface area contributed by atoms with E-state index in [2.05, 4.69) is 72.8 Å². The molecule has 0 spiro atoms. The highest BCUT2D eigenvalue weighted by atomic mass is 35.5. The van der Waals surface area contributed by atoms with Crippen molar-refractivity contribution < 1.29 is 14.2 Å². The predicted molar refractivity (Wildman–Crippen MR) is 181 cm³/mol. The van der Waals surface area contributed by atoms with Crippen molar-refractivity contribution in [3.63, 3.8) is 0 Å². The fourth-order valence-electron chi connectivity index (χ4n) is 7.47. The van der Waals surface area contributed by atoms with Crippen LogP contribution in [0.3, 0.4) is 0 Å². The molecule has 5 heteroatoms. The van der Waals surface area contributed by atoms with Crippen LogP contribution in [0.1, 0.15) is 44.5 Å². The number of halogens is 2. The Balaban J connectivity index is 1.58. The van der Waals surface area contributed by atoms with Crippen LogP contribution in [-0.4, -0.2) is 14.2 Å². The van der Waals surface area contributed by atoms with Crippen molar-refractivity contribution in [2.45, 2.75) is 24.0 Å². The molecule has 0 radical (unpaired) electrons. The highest BCUT2D eigenvalue weighted by Gasteiger charge is 2.54. The molecule has 0 saturated heterocycles. The van der Waals surface area contributed by atoms with Crippen LogP contribution >= 0.6 is 23.2 Å². The molecule has 0 N–H and O–H groups in total. The summed E-state index contributed by atoms with van der Waals surface area (Å²) in [6.07, 6.45) is 2.03. The Morgan fingerprint density at radius 2 is 0.822 bits per heavy atom. The molecule has 8 rings (SSSR count). The number of hydrogen-bond donors (Lipinski definition) is 0. The van der Waals surface area contributed by atoms with E-state index in [1.807, 2.05) is 48.5 Å². The van der Waals surface area contributed by atoms with Crippen molar-refractivity contribution in [1.82, 2.24) is 0 Å². The van der Waals surface area contributed by atoms with Gasteiger partial charge in [0.1, 0.15) is 22.7 Å². The fraction of sp³-hybridized carbons (Fsp3) is 0.150. The molecule has 222 valence electrons. The second-order valence-corrected chi connectivity index (χ2v) is 12.6. The smallest absolute Gasteiger partial charge is 0.146 e. The third-order valence-electron chi connectivity index (χ3n) is 9.56. The van der Waals surface area contributed by atoms with Crippen molar-refractivity contribution >= 4 is 34.0 Å². The quantitative estimate of drug-likeness (QED) is 0.184. The minimum atomic E-state index is -1.03. The maximum Gasteiger partial charge on any atom is 0.146 e. The highest BCUT2D eigenvalue weighted by molar-refractivity contribution is 6.30. The SMILES string of the molecule is COc1ccc(C2(c3ccc(OC)cc3)OC(c3ccc(Cl)cc3)(c3ccc(Cl)cc3)c3ccc4c5c(ccc2c35)CC4)cc1. The fourth-order valence-corrected chi connectivity index (χ4v) is 7.72. The number of hydrogen-bond acceptors (Lipinski definition) is 3. The van der Waals surface area contributed by atoms with Gasteiger partial charge in [-0.3, -0.25) is 0 Å². The molecule has 0 amide bonds. The molecule has 1 heterocycles. The van der Waals surface area contributed by atoms with Gasteiger partial charge in [-0.25, -0.2) is 0 Å². The lowest BCUT2D eigenvalue weighted by atomic mass is 9.68. The number of benzene rings is 6. The van der Waals surface area contributed by atoms with E-state index in [0.717, 1.165) is 57.7 Å². The largest absolute Gasteiger partial charge is 0.497 e. The summed E-state index contributed by atoms with van der Waals surface area (Å²) < 4.78 is 19.2. The molecule has 0 bridgehead atoms. The highest BCUT2D eigenvalue weighted by Crippen LogP contribution is 2.59. The van der Waals surface area contributed by atoms with Gasteiger partial charge in [0.15, 0.2) is 0 Å². The number of methoxy groups -OCH3 is 2. The topological polar surface area (TPSA) is 27.7 Å². The lowest BCUT2D eigenvalue weighted by molar-refractivity contribution is -0.0849. The van der Waals surface area contributed by atoms with Crippen molar-refractivity contribution in [3.05, 3.63) is 176 Å². The van der Waals surface area contributed by atoms with E-state index in [0.29, 0.717) is 10.0 Å². The summed E-state index contributed by atoms with van der Waals surface area (Å²) in [4.78, 5) is 0. The van der Waals surface area contributed by atoms with E-state index in [4.69, 9.17) is 37.4 Å². The summed E-state index contributed by atoms with van der Waals surface area (Å²) >= 11 is 13.0. The summed E-state index contributed by atoms with van der Waals surface area (Å²) in [6, 6.07) is 41.7. The third kappa shape index (κ3) is 4.15. The Morgan fingerprint density at radius 3 is 1.18 bits per heavy atom. The predicted octanol–water partition coefficient (Wildman–Crippen LogP) is 9.88. The zero-order valence-electron chi connectivity index (χ0n) is 24.9. The van der Waals surface area contributed by atoms with E-state index in [9.17, 15) is 0 Å². The van der Waals surface area contributed by atoms with Crippen molar-refractivity contribution in [1.29, 1.82) is 0 Å². The molecule has 2 aliphatic rings. The molecule has 0 saturated carbocycles. The molecule has 0 unspecified atom stereocenters. The molecular formula is C40H30Cl2O3. The molecule has 0 aromatic heterocycles. The van der Waals surface area contributed by atoms with Gasteiger partial charge in [-0.2, -0.15) is 0 Å². The third-order valence-corrected chi connectivity index (χ3v) is 10.1. The van der Waals surface area contributed by atoms with E-state index >= 15 is 0 Å². The van der Waals surface area contributed by atoms with E-state index in [1.165, 1.54) is 21.9 Å². The summed E-state index contributed by atoms with van der Waals surface area (Å²) in [5.41, 5.74) is 6.83. The van der Waals surface area contributed by atoms with Crippen LogP contribution < -0.4 is 9.47 Å². The summed E-state index contributed by atoms with van der Waals surface area (Å²) in [6.45, 7) is 0. The molecular weight excluding hydrogens is 599 g/mol. The standard InChI is InChI=1S/C40H30Cl2O3/c1-43-33-19-11-29(12-20-33)40(30-13-21-34(44-2)22-14-30)36-24-6-26-4-3-25-5-23-35(38(36)37(25)26)39(45-40,27-7-15-31(41)16-8-27)28-9-17-32(42)18-10-28/h5-24H,3-4H2,1-2H3. The van der Waals surface area contributed by atoms with Gasteiger partial charge in [0.25, 0.3) is 0 Å². The molecule has 6 aromatic rings. The Hall–Kier alpha value is -4.28. The van der Waals surface area contributed by atoms with Gasteiger partial charge in [0.05, 0.1) is 14.2 Å². The van der Waals surface area contributed by atoms with Crippen LogP contribution in [0, 0.1) is 0 Å². The van der Waals surface area contributed by atoms with Gasteiger partial charge in [-0.05, 0) is 106 Å². The molecule has 3 nitrogen and oxygen atoms in total. The Kier molecular flexibility index (Phi) is 6.69. The molecule has 1 aliphatic heterocycles. The monoisotopic (exact) mass is 628 g/mol. The molecule has 1 aliphatic carbocycles. The van der Waals surface area contributed by atoms with Gasteiger partial charge in [0.2, 0.25) is 0 Å². The molecule has 0 fully saturated rings. The zero-order chi connectivity index (χ0) is 30.8. The maximum atomic E-state index is 7.98. The first-order valence-electron chi connectivity index (χ1n) is 15.1. The zero-order valence-corrected chi connectivity index (χ0v) is 26.5. The van der Waals surface area contributed by atoms with Gasteiger partial charge >= 0.3 is 0 Å². The van der Waals surface area contributed by atoms with Crippen LogP contribution in [0.5, 0.6) is 11.5 Å². The van der Waals surface area contributed by atoms with Crippen molar-refractivity contribution in [3.8, 4) is 11.5 Å². The van der Waals surface area contributed by atoms with Gasteiger partial charge in [-0.15, -0.1) is 0 Å². The van der Waals surface area contributed by atoms with Crippen molar-refractivity contribution in [2.75, 3.05) is 14.2 Å². The lowest BCUT2D eigenvalue weighted by Gasteiger charge is -2.50. The van der Waals surface area contributed by atoms with Crippen LogP contribution in [0.25, 0.3) is 10.8 Å². The first-order valence-corrected chi connectivity index (χ1v) is 15.8. The first kappa shape index (κ1) is 28.2. The van der Waals surface area contributed by atoms with Gasteiger partial charge in [-0.1, -0.05) is 96.0 Å². The maximum absolute atomic E-state index is 7.98. The Bertz CT molecular complexity index is 1950. The van der Waals surface area contributed by atoms with Gasteiger partial charge in [0, 0.05) is 21.2 Å². The lowest BCUT2D eigenvalue weighted by Crippen LogP contribution is -2.47. The molecule has 0 atom stereocenters. The first-order chi connectivity index (χ1) is 22.0. The molecule has 6 aromatic carbocycles. The van der Waals surface area contributed by atoms with Crippen LogP contribution in [-0.2, 0) is 28.8 Å². The second kappa shape index (κ2) is 10.7. The Morgan fingerprint density at radius 1 is 0.467 bits per heavy atom. The summed E-state index contributed by atoms with van der Waals surface area (Å²) in [7, 11) is 3.37. The molecule has 45 heavy (non-hydrogen) atoms.